The highest BCUT2D eigenvalue weighted by Gasteiger charge is 2.30. The van der Waals surface area contributed by atoms with E-state index in [1.54, 1.807) is 53.4 Å². The van der Waals surface area contributed by atoms with Crippen LogP contribution in [0.2, 0.25) is 5.02 Å². The van der Waals surface area contributed by atoms with Crippen LogP contribution in [-0.2, 0) is 4.79 Å². The molecule has 0 spiro atoms. The zero-order valence-corrected chi connectivity index (χ0v) is 20.2. The number of anilines is 1. The SMILES string of the molecule is O=C(Nc1cccc(C(=O)N2CCCC(C(=O)NC3CCCCCC3)C2)c1)c1ccc(Cl)cc1. The van der Waals surface area contributed by atoms with E-state index in [4.69, 9.17) is 11.6 Å². The number of hydrogen-bond acceptors (Lipinski definition) is 3. The molecule has 2 aromatic carbocycles. The van der Waals surface area contributed by atoms with Crippen molar-refractivity contribution in [1.29, 1.82) is 0 Å². The molecule has 2 aromatic rings. The summed E-state index contributed by atoms with van der Waals surface area (Å²) in [6, 6.07) is 13.8. The molecule has 1 saturated heterocycles. The third kappa shape index (κ3) is 6.38. The van der Waals surface area contributed by atoms with Gasteiger partial charge in [0.1, 0.15) is 0 Å². The normalized spacial score (nSPS) is 19.2. The molecule has 7 heteroatoms. The quantitative estimate of drug-likeness (QED) is 0.570. The Labute approximate surface area is 206 Å². The standard InChI is InChI=1S/C27H32ClN3O3/c28-22-14-12-19(13-15-22)25(32)30-24-11-5-7-20(17-24)27(34)31-16-6-8-21(18-31)26(33)29-23-9-3-1-2-4-10-23/h5,7,11-15,17,21,23H,1-4,6,8-10,16,18H2,(H,29,33)(H,30,32). The maximum absolute atomic E-state index is 13.2. The van der Waals surface area contributed by atoms with Crippen LogP contribution in [0.4, 0.5) is 5.69 Å². The molecule has 2 fully saturated rings. The van der Waals surface area contributed by atoms with Crippen LogP contribution >= 0.6 is 11.6 Å². The van der Waals surface area contributed by atoms with Gasteiger partial charge in [-0.15, -0.1) is 0 Å². The minimum atomic E-state index is -0.269. The molecule has 3 amide bonds. The monoisotopic (exact) mass is 481 g/mol. The largest absolute Gasteiger partial charge is 0.353 e. The number of benzene rings is 2. The van der Waals surface area contributed by atoms with Crippen molar-refractivity contribution >= 4 is 35.0 Å². The first-order chi connectivity index (χ1) is 16.5. The Hall–Kier alpha value is -2.86. The molecule has 34 heavy (non-hydrogen) atoms. The summed E-state index contributed by atoms with van der Waals surface area (Å²) in [5, 5.41) is 6.64. The van der Waals surface area contributed by atoms with Crippen LogP contribution in [0.1, 0.15) is 72.1 Å². The van der Waals surface area contributed by atoms with E-state index in [-0.39, 0.29) is 29.7 Å². The summed E-state index contributed by atoms with van der Waals surface area (Å²) in [6.45, 7) is 1.06. The smallest absolute Gasteiger partial charge is 0.255 e. The third-order valence-corrected chi connectivity index (χ3v) is 7.01. The minimum absolute atomic E-state index is 0.0772. The molecule has 4 rings (SSSR count). The molecule has 1 atom stereocenters. The molecule has 1 unspecified atom stereocenters. The number of rotatable bonds is 5. The van der Waals surface area contributed by atoms with Gasteiger partial charge in [0, 0.05) is 41.0 Å². The third-order valence-electron chi connectivity index (χ3n) is 6.75. The van der Waals surface area contributed by atoms with Crippen molar-refractivity contribution < 1.29 is 14.4 Å². The molecule has 1 heterocycles. The Morgan fingerprint density at radius 3 is 2.32 bits per heavy atom. The minimum Gasteiger partial charge on any atom is -0.353 e. The van der Waals surface area contributed by atoms with Crippen LogP contribution in [0.25, 0.3) is 0 Å². The molecule has 0 bridgehead atoms. The second kappa shape index (κ2) is 11.5. The highest BCUT2D eigenvalue weighted by Crippen LogP contribution is 2.23. The number of amides is 3. The zero-order chi connectivity index (χ0) is 23.9. The van der Waals surface area contributed by atoms with Gasteiger partial charge in [-0.05, 0) is 68.1 Å². The van der Waals surface area contributed by atoms with E-state index in [1.165, 1.54) is 25.7 Å². The fourth-order valence-corrected chi connectivity index (χ4v) is 4.96. The number of piperidine rings is 1. The van der Waals surface area contributed by atoms with Crippen molar-refractivity contribution in [3.63, 3.8) is 0 Å². The fraction of sp³-hybridized carbons (Fsp3) is 0.444. The lowest BCUT2D eigenvalue weighted by Gasteiger charge is -2.33. The van der Waals surface area contributed by atoms with Crippen LogP contribution in [0.5, 0.6) is 0 Å². The predicted octanol–water partition coefficient (Wildman–Crippen LogP) is 5.28. The summed E-state index contributed by atoms with van der Waals surface area (Å²) < 4.78 is 0. The van der Waals surface area contributed by atoms with Crippen molar-refractivity contribution in [2.75, 3.05) is 18.4 Å². The molecule has 2 N–H and O–H groups in total. The zero-order valence-electron chi connectivity index (χ0n) is 19.4. The Morgan fingerprint density at radius 2 is 1.59 bits per heavy atom. The van der Waals surface area contributed by atoms with Gasteiger partial charge in [0.05, 0.1) is 5.92 Å². The lowest BCUT2D eigenvalue weighted by atomic mass is 9.95. The topological polar surface area (TPSA) is 78.5 Å². The fourth-order valence-electron chi connectivity index (χ4n) is 4.84. The number of hydrogen-bond donors (Lipinski definition) is 2. The van der Waals surface area contributed by atoms with Gasteiger partial charge in [-0.1, -0.05) is 43.4 Å². The molecule has 2 aliphatic rings. The lowest BCUT2D eigenvalue weighted by Crippen LogP contribution is -2.47. The van der Waals surface area contributed by atoms with E-state index < -0.39 is 0 Å². The van der Waals surface area contributed by atoms with Crippen molar-refractivity contribution in [3.8, 4) is 0 Å². The number of nitrogens with zero attached hydrogens (tertiary/aromatic N) is 1. The van der Waals surface area contributed by atoms with E-state index in [0.717, 1.165) is 25.7 Å². The van der Waals surface area contributed by atoms with Crippen molar-refractivity contribution in [2.45, 2.75) is 57.4 Å². The highest BCUT2D eigenvalue weighted by molar-refractivity contribution is 6.30. The Balaban J connectivity index is 1.36. The first kappa shape index (κ1) is 24.3. The van der Waals surface area contributed by atoms with Gasteiger partial charge in [-0.3, -0.25) is 14.4 Å². The predicted molar refractivity (Wildman–Crippen MR) is 134 cm³/mol. The molecule has 1 saturated carbocycles. The Morgan fingerprint density at radius 1 is 0.853 bits per heavy atom. The number of halogens is 1. The van der Waals surface area contributed by atoms with Crippen molar-refractivity contribution in [1.82, 2.24) is 10.2 Å². The molecule has 1 aliphatic carbocycles. The summed E-state index contributed by atoms with van der Waals surface area (Å²) in [6.07, 6.45) is 8.55. The molecule has 6 nitrogen and oxygen atoms in total. The van der Waals surface area contributed by atoms with Gasteiger partial charge < -0.3 is 15.5 Å². The number of nitrogens with one attached hydrogen (secondary N) is 2. The van der Waals surface area contributed by atoms with Gasteiger partial charge in [0.2, 0.25) is 5.91 Å². The van der Waals surface area contributed by atoms with Gasteiger partial charge in [-0.2, -0.15) is 0 Å². The number of carbonyl (C=O) groups excluding carboxylic acids is 3. The molecule has 0 radical (unpaired) electrons. The number of carbonyl (C=O) groups is 3. The van der Waals surface area contributed by atoms with Crippen LogP contribution < -0.4 is 10.6 Å². The molecular formula is C27H32ClN3O3. The summed E-state index contributed by atoms with van der Waals surface area (Å²) >= 11 is 5.89. The van der Waals surface area contributed by atoms with Crippen LogP contribution in [0, 0.1) is 5.92 Å². The van der Waals surface area contributed by atoms with Crippen molar-refractivity contribution in [2.24, 2.45) is 5.92 Å². The van der Waals surface area contributed by atoms with Crippen LogP contribution in [-0.4, -0.2) is 41.8 Å². The average Bonchev–Trinajstić information content (AvgIpc) is 3.13. The highest BCUT2D eigenvalue weighted by atomic mass is 35.5. The van der Waals surface area contributed by atoms with E-state index in [1.807, 2.05) is 0 Å². The number of likely N-dealkylation sites (tertiary alicyclic amines) is 1. The summed E-state index contributed by atoms with van der Waals surface area (Å²) in [5.41, 5.74) is 1.53. The van der Waals surface area contributed by atoms with Gasteiger partial charge in [0.25, 0.3) is 11.8 Å². The second-order valence-corrected chi connectivity index (χ2v) is 9.77. The molecule has 0 aromatic heterocycles. The lowest BCUT2D eigenvalue weighted by molar-refractivity contribution is -0.127. The van der Waals surface area contributed by atoms with Crippen LogP contribution in [0.15, 0.2) is 48.5 Å². The van der Waals surface area contributed by atoms with E-state index in [9.17, 15) is 14.4 Å². The van der Waals surface area contributed by atoms with Gasteiger partial charge >= 0.3 is 0 Å². The molecular weight excluding hydrogens is 450 g/mol. The van der Waals surface area contributed by atoms with E-state index >= 15 is 0 Å². The van der Waals surface area contributed by atoms with Crippen LogP contribution in [0.3, 0.4) is 0 Å². The van der Waals surface area contributed by atoms with Gasteiger partial charge in [0.15, 0.2) is 0 Å². The summed E-state index contributed by atoms with van der Waals surface area (Å²) in [7, 11) is 0. The Bertz CT molecular complexity index is 1020. The second-order valence-electron chi connectivity index (χ2n) is 9.33. The first-order valence-electron chi connectivity index (χ1n) is 12.3. The maximum Gasteiger partial charge on any atom is 0.255 e. The summed E-state index contributed by atoms with van der Waals surface area (Å²) in [4.78, 5) is 40.4. The summed E-state index contributed by atoms with van der Waals surface area (Å²) in [5.74, 6) is -0.480. The molecule has 1 aliphatic heterocycles. The van der Waals surface area contributed by atoms with E-state index in [2.05, 4.69) is 10.6 Å². The Kier molecular flexibility index (Phi) is 8.22. The van der Waals surface area contributed by atoms with E-state index in [0.29, 0.717) is 34.9 Å². The average molecular weight is 482 g/mol. The van der Waals surface area contributed by atoms with Gasteiger partial charge in [-0.25, -0.2) is 0 Å². The maximum atomic E-state index is 13.2. The first-order valence-corrected chi connectivity index (χ1v) is 12.6. The van der Waals surface area contributed by atoms with Crippen molar-refractivity contribution in [3.05, 3.63) is 64.7 Å². The molecule has 180 valence electrons.